The number of allylic oxidation sites excluding steroid dienone is 8. The Hall–Kier alpha value is -1.04. The predicted octanol–water partition coefficient (Wildman–Crippen LogP) is 4.57. The van der Waals surface area contributed by atoms with Crippen molar-refractivity contribution in [2.45, 2.75) is 39.5 Å². The van der Waals surface area contributed by atoms with Crippen molar-refractivity contribution in [1.82, 2.24) is 0 Å². The SMILES string of the molecule is CCC1=CC=CC1.CCC1=CCC=C1. The largest absolute Gasteiger partial charge is 0.0805 e. The summed E-state index contributed by atoms with van der Waals surface area (Å²) in [7, 11) is 0. The second-order valence-corrected chi connectivity index (χ2v) is 3.58. The Morgan fingerprint density at radius 2 is 2.00 bits per heavy atom. The first-order valence-corrected chi connectivity index (χ1v) is 5.57. The number of rotatable bonds is 2. The highest BCUT2D eigenvalue weighted by Crippen LogP contribution is 2.12. The van der Waals surface area contributed by atoms with Gasteiger partial charge in [-0.2, -0.15) is 0 Å². The molecule has 0 radical (unpaired) electrons. The van der Waals surface area contributed by atoms with Gasteiger partial charge in [-0.3, -0.25) is 0 Å². The van der Waals surface area contributed by atoms with Crippen molar-refractivity contribution >= 4 is 0 Å². The first-order chi connectivity index (χ1) is 6.86. The van der Waals surface area contributed by atoms with Crippen LogP contribution in [0, 0.1) is 0 Å². The fourth-order valence-corrected chi connectivity index (χ4v) is 1.52. The zero-order chi connectivity index (χ0) is 10.2. The Morgan fingerprint density at radius 1 is 1.14 bits per heavy atom. The quantitative estimate of drug-likeness (QED) is 0.595. The third-order valence-corrected chi connectivity index (χ3v) is 2.56. The van der Waals surface area contributed by atoms with E-state index in [2.05, 4.69) is 50.3 Å². The van der Waals surface area contributed by atoms with Gasteiger partial charge in [0.05, 0.1) is 0 Å². The van der Waals surface area contributed by atoms with Crippen molar-refractivity contribution in [3.05, 3.63) is 47.6 Å². The number of hydrogen-bond donors (Lipinski definition) is 0. The molecule has 0 nitrogen and oxygen atoms in total. The molecule has 2 aliphatic carbocycles. The monoisotopic (exact) mass is 188 g/mol. The maximum absolute atomic E-state index is 2.26. The van der Waals surface area contributed by atoms with Gasteiger partial charge in [0.25, 0.3) is 0 Å². The molecule has 14 heavy (non-hydrogen) atoms. The molecule has 0 heterocycles. The molecule has 0 aliphatic heterocycles. The van der Waals surface area contributed by atoms with E-state index >= 15 is 0 Å². The summed E-state index contributed by atoms with van der Waals surface area (Å²) < 4.78 is 0. The first kappa shape index (κ1) is 11.0. The lowest BCUT2D eigenvalue weighted by Crippen LogP contribution is -1.68. The lowest BCUT2D eigenvalue weighted by molar-refractivity contribution is 1.05. The van der Waals surface area contributed by atoms with Crippen LogP contribution in [0.5, 0.6) is 0 Å². The maximum Gasteiger partial charge on any atom is -0.0133 e. The molecule has 0 fully saturated rings. The summed E-state index contributed by atoms with van der Waals surface area (Å²) >= 11 is 0. The summed E-state index contributed by atoms with van der Waals surface area (Å²) in [6.45, 7) is 4.38. The molecule has 0 bridgehead atoms. The van der Waals surface area contributed by atoms with Gasteiger partial charge in [0, 0.05) is 0 Å². The van der Waals surface area contributed by atoms with E-state index in [0.29, 0.717) is 0 Å². The zero-order valence-corrected chi connectivity index (χ0v) is 9.29. The van der Waals surface area contributed by atoms with E-state index in [9.17, 15) is 0 Å². The van der Waals surface area contributed by atoms with Crippen LogP contribution in [0.1, 0.15) is 39.5 Å². The van der Waals surface area contributed by atoms with Crippen LogP contribution in [0.25, 0.3) is 0 Å². The number of hydrogen-bond acceptors (Lipinski definition) is 0. The molecule has 0 atom stereocenters. The van der Waals surface area contributed by atoms with E-state index in [0.717, 1.165) is 6.42 Å². The molecule has 0 heteroatoms. The highest BCUT2D eigenvalue weighted by atomic mass is 14.0. The molecular formula is C14H20. The highest BCUT2D eigenvalue weighted by Gasteiger charge is 1.92. The molecular weight excluding hydrogens is 168 g/mol. The molecule has 0 saturated heterocycles. The van der Waals surface area contributed by atoms with E-state index in [1.807, 2.05) is 0 Å². The third kappa shape index (κ3) is 3.78. The van der Waals surface area contributed by atoms with Crippen molar-refractivity contribution in [1.29, 1.82) is 0 Å². The average molecular weight is 188 g/mol. The van der Waals surface area contributed by atoms with Crippen LogP contribution >= 0.6 is 0 Å². The predicted molar refractivity (Wildman–Crippen MR) is 64.3 cm³/mol. The van der Waals surface area contributed by atoms with Crippen LogP contribution in [-0.2, 0) is 0 Å². The summed E-state index contributed by atoms with van der Waals surface area (Å²) in [5, 5.41) is 0. The van der Waals surface area contributed by atoms with Gasteiger partial charge in [0.2, 0.25) is 0 Å². The summed E-state index contributed by atoms with van der Waals surface area (Å²) in [4.78, 5) is 0. The highest BCUT2D eigenvalue weighted by molar-refractivity contribution is 5.25. The minimum absolute atomic E-state index is 1.16. The Balaban J connectivity index is 0.000000140. The van der Waals surface area contributed by atoms with Crippen LogP contribution in [0.3, 0.4) is 0 Å². The van der Waals surface area contributed by atoms with E-state index in [1.54, 1.807) is 5.57 Å². The van der Waals surface area contributed by atoms with Crippen LogP contribution < -0.4 is 0 Å². The molecule has 0 N–H and O–H groups in total. The second-order valence-electron chi connectivity index (χ2n) is 3.58. The van der Waals surface area contributed by atoms with Crippen molar-refractivity contribution in [2.24, 2.45) is 0 Å². The van der Waals surface area contributed by atoms with E-state index < -0.39 is 0 Å². The molecule has 0 saturated carbocycles. The van der Waals surface area contributed by atoms with Gasteiger partial charge in [-0.1, -0.05) is 61.4 Å². The smallest absolute Gasteiger partial charge is 0.0133 e. The Kier molecular flexibility index (Phi) is 5.06. The Morgan fingerprint density at radius 3 is 2.29 bits per heavy atom. The fourth-order valence-electron chi connectivity index (χ4n) is 1.52. The lowest BCUT2D eigenvalue weighted by atomic mass is 10.2. The van der Waals surface area contributed by atoms with Crippen LogP contribution in [0.15, 0.2) is 47.6 Å². The van der Waals surface area contributed by atoms with Crippen LogP contribution in [-0.4, -0.2) is 0 Å². The second kappa shape index (κ2) is 6.42. The van der Waals surface area contributed by atoms with Crippen molar-refractivity contribution < 1.29 is 0 Å². The lowest BCUT2D eigenvalue weighted by Gasteiger charge is -1.88. The molecule has 0 aromatic rings. The molecule has 0 aromatic carbocycles. The minimum atomic E-state index is 1.16. The average Bonchev–Trinajstić information content (AvgIpc) is 2.92. The van der Waals surface area contributed by atoms with Gasteiger partial charge in [-0.05, 0) is 25.7 Å². The minimum Gasteiger partial charge on any atom is -0.0805 e. The summed E-state index contributed by atoms with van der Waals surface area (Å²) in [6, 6.07) is 0. The summed E-state index contributed by atoms with van der Waals surface area (Å²) in [5.41, 5.74) is 3.04. The van der Waals surface area contributed by atoms with Gasteiger partial charge in [-0.25, -0.2) is 0 Å². The molecule has 2 rings (SSSR count). The summed E-state index contributed by atoms with van der Waals surface area (Å²) in [5.74, 6) is 0. The maximum atomic E-state index is 2.26. The van der Waals surface area contributed by atoms with Crippen molar-refractivity contribution in [3.63, 3.8) is 0 Å². The topological polar surface area (TPSA) is 0 Å². The first-order valence-electron chi connectivity index (χ1n) is 5.57. The molecule has 0 aromatic heterocycles. The standard InChI is InChI=1S/2C7H10/c2*1-2-7-5-3-4-6-7/h3,5-6H,2,4H2,1H3;3-5H,2,6H2,1H3. The molecule has 0 amide bonds. The van der Waals surface area contributed by atoms with Gasteiger partial charge < -0.3 is 0 Å². The molecule has 0 spiro atoms. The van der Waals surface area contributed by atoms with Gasteiger partial charge in [-0.15, -0.1) is 0 Å². The fraction of sp³-hybridized carbons (Fsp3) is 0.429. The van der Waals surface area contributed by atoms with Crippen LogP contribution in [0.4, 0.5) is 0 Å². The molecule has 76 valence electrons. The van der Waals surface area contributed by atoms with Gasteiger partial charge in [0.1, 0.15) is 0 Å². The third-order valence-electron chi connectivity index (χ3n) is 2.56. The molecule has 2 aliphatic rings. The van der Waals surface area contributed by atoms with Gasteiger partial charge in [0.15, 0.2) is 0 Å². The zero-order valence-electron chi connectivity index (χ0n) is 9.29. The van der Waals surface area contributed by atoms with E-state index in [-0.39, 0.29) is 0 Å². The van der Waals surface area contributed by atoms with E-state index in [1.165, 1.54) is 24.8 Å². The van der Waals surface area contributed by atoms with Crippen molar-refractivity contribution in [2.75, 3.05) is 0 Å². The normalized spacial score (nSPS) is 17.6. The van der Waals surface area contributed by atoms with Gasteiger partial charge >= 0.3 is 0 Å². The van der Waals surface area contributed by atoms with E-state index in [4.69, 9.17) is 0 Å². The molecule has 0 unspecified atom stereocenters. The Labute approximate surface area is 87.7 Å². The van der Waals surface area contributed by atoms with Crippen molar-refractivity contribution in [3.8, 4) is 0 Å². The summed E-state index contributed by atoms with van der Waals surface area (Å²) in [6.07, 6.45) is 17.9. The van der Waals surface area contributed by atoms with Crippen LogP contribution in [0.2, 0.25) is 0 Å². The Bertz CT molecular complexity index is 274.